The van der Waals surface area contributed by atoms with E-state index in [2.05, 4.69) is 44.7 Å². The summed E-state index contributed by atoms with van der Waals surface area (Å²) in [4.78, 5) is 10.9. The fourth-order valence-electron chi connectivity index (χ4n) is 5.42. The normalized spacial score (nSPS) is 25.5. The summed E-state index contributed by atoms with van der Waals surface area (Å²) in [5.41, 5.74) is 1.39. The van der Waals surface area contributed by atoms with Crippen molar-refractivity contribution in [3.8, 4) is 11.5 Å². The molecule has 9 heteroatoms. The van der Waals surface area contributed by atoms with Gasteiger partial charge in [0, 0.05) is 23.1 Å². The van der Waals surface area contributed by atoms with Crippen LogP contribution < -0.4 is 9.47 Å². The van der Waals surface area contributed by atoms with Crippen molar-refractivity contribution >= 4 is 11.4 Å². The van der Waals surface area contributed by atoms with Gasteiger partial charge in [0.1, 0.15) is 11.5 Å². The predicted molar refractivity (Wildman–Crippen MR) is 132 cm³/mol. The van der Waals surface area contributed by atoms with Gasteiger partial charge in [-0.1, -0.05) is 24.2 Å². The molecule has 0 saturated carbocycles. The average molecular weight is 480 g/mol. The van der Waals surface area contributed by atoms with Crippen LogP contribution in [0.15, 0.2) is 46.5 Å². The second-order valence-electron chi connectivity index (χ2n) is 9.21. The highest BCUT2D eigenvalue weighted by Crippen LogP contribution is 2.45. The average Bonchev–Trinajstić information content (AvgIpc) is 3.50. The Morgan fingerprint density at radius 3 is 2.71 bits per heavy atom. The summed E-state index contributed by atoms with van der Waals surface area (Å²) in [5.74, 6) is 3.25. The summed E-state index contributed by atoms with van der Waals surface area (Å²) in [5, 5.41) is 13.3. The molecule has 3 fully saturated rings. The van der Waals surface area contributed by atoms with Crippen LogP contribution >= 0.6 is 0 Å². The molecular formula is C26H33N5O4. The zero-order chi connectivity index (χ0) is 24.4. The number of hydrogen-bond donors (Lipinski definition) is 0. The fraction of sp³-hybridized carbons (Fsp3) is 0.500. The van der Waals surface area contributed by atoms with Crippen molar-refractivity contribution in [2.45, 2.75) is 44.9 Å². The van der Waals surface area contributed by atoms with Gasteiger partial charge in [0.15, 0.2) is 0 Å². The van der Waals surface area contributed by atoms with Crippen molar-refractivity contribution in [3.63, 3.8) is 0 Å². The van der Waals surface area contributed by atoms with Crippen LogP contribution in [-0.4, -0.2) is 65.4 Å². The second kappa shape index (κ2) is 9.73. The Kier molecular flexibility index (Phi) is 6.51. The maximum atomic E-state index is 6.30. The van der Waals surface area contributed by atoms with Gasteiger partial charge in [-0.25, -0.2) is 0 Å². The first kappa shape index (κ1) is 23.4. The number of hydrogen-bond acceptors (Lipinski definition) is 9. The molecule has 4 aliphatic rings. The van der Waals surface area contributed by atoms with Crippen LogP contribution in [0.25, 0.3) is 5.57 Å². The molecule has 1 spiro atoms. The standard InChI is InChI=1S/C26H33N5O4/c1-5-7-18(8-6-2)24-27-28-25(34-24)23-29-35-26(17-30-13-11-20(26)12-14-30)31(23)16-19-9-10-21(32-3)15-22(19)33-4/h5,8-10,15,20H,1,6-7,11-14,16-17H2,2-4H3/b18-8+. The molecule has 2 bridgehead atoms. The number of aromatic nitrogens is 2. The van der Waals surface area contributed by atoms with Crippen molar-refractivity contribution in [2.75, 3.05) is 33.9 Å². The summed E-state index contributed by atoms with van der Waals surface area (Å²) in [7, 11) is 3.32. The van der Waals surface area contributed by atoms with E-state index < -0.39 is 5.72 Å². The van der Waals surface area contributed by atoms with Crippen LogP contribution in [0.5, 0.6) is 11.5 Å². The van der Waals surface area contributed by atoms with E-state index in [1.54, 1.807) is 14.2 Å². The van der Waals surface area contributed by atoms with Gasteiger partial charge < -0.3 is 23.6 Å². The lowest BCUT2D eigenvalue weighted by Gasteiger charge is -2.52. The summed E-state index contributed by atoms with van der Waals surface area (Å²) in [6.07, 6.45) is 7.58. The number of nitrogens with zero attached hydrogens (tertiary/aromatic N) is 5. The molecule has 0 radical (unpaired) electrons. The first-order valence-electron chi connectivity index (χ1n) is 12.2. The van der Waals surface area contributed by atoms with Crippen molar-refractivity contribution in [2.24, 2.45) is 11.1 Å². The molecule has 1 aromatic carbocycles. The highest BCUT2D eigenvalue weighted by atomic mass is 16.7. The molecule has 35 heavy (non-hydrogen) atoms. The maximum Gasteiger partial charge on any atom is 0.287 e. The molecule has 0 aliphatic carbocycles. The van der Waals surface area contributed by atoms with Gasteiger partial charge in [0.25, 0.3) is 5.89 Å². The highest BCUT2D eigenvalue weighted by molar-refractivity contribution is 5.95. The minimum Gasteiger partial charge on any atom is -0.497 e. The first-order chi connectivity index (χ1) is 17.1. The lowest BCUT2D eigenvalue weighted by molar-refractivity contribution is -0.198. The number of methoxy groups -OCH3 is 2. The fourth-order valence-corrected chi connectivity index (χ4v) is 5.42. The van der Waals surface area contributed by atoms with E-state index in [0.29, 0.717) is 36.5 Å². The van der Waals surface area contributed by atoms with E-state index in [1.807, 2.05) is 24.3 Å². The molecule has 4 aliphatic heterocycles. The summed E-state index contributed by atoms with van der Waals surface area (Å²) in [6, 6.07) is 5.86. The summed E-state index contributed by atoms with van der Waals surface area (Å²) < 4.78 is 17.2. The number of oxime groups is 1. The van der Waals surface area contributed by atoms with Gasteiger partial charge in [-0.3, -0.25) is 4.90 Å². The van der Waals surface area contributed by atoms with E-state index in [4.69, 9.17) is 18.7 Å². The van der Waals surface area contributed by atoms with Gasteiger partial charge in [0.2, 0.25) is 17.5 Å². The molecule has 5 heterocycles. The molecule has 186 valence electrons. The molecule has 1 aromatic heterocycles. The number of allylic oxidation sites excluding steroid dienone is 3. The number of benzene rings is 1. The number of rotatable bonds is 9. The Morgan fingerprint density at radius 1 is 1.23 bits per heavy atom. The van der Waals surface area contributed by atoms with Gasteiger partial charge in [0.05, 0.1) is 27.3 Å². The monoisotopic (exact) mass is 479 g/mol. The second-order valence-corrected chi connectivity index (χ2v) is 9.21. The molecule has 0 N–H and O–H groups in total. The molecule has 3 saturated heterocycles. The Hall–Kier alpha value is -3.33. The predicted octanol–water partition coefficient (Wildman–Crippen LogP) is 4.07. The third-order valence-corrected chi connectivity index (χ3v) is 7.21. The number of amidine groups is 1. The van der Waals surface area contributed by atoms with Crippen molar-refractivity contribution in [1.29, 1.82) is 0 Å². The minimum atomic E-state index is -0.575. The van der Waals surface area contributed by atoms with E-state index in [0.717, 1.165) is 61.5 Å². The van der Waals surface area contributed by atoms with Gasteiger partial charge in [-0.05, 0) is 50.9 Å². The zero-order valence-corrected chi connectivity index (χ0v) is 20.7. The Balaban J connectivity index is 1.52. The highest BCUT2D eigenvalue weighted by Gasteiger charge is 2.58. The van der Waals surface area contributed by atoms with Crippen molar-refractivity contribution in [1.82, 2.24) is 20.0 Å². The van der Waals surface area contributed by atoms with Gasteiger partial charge in [-0.15, -0.1) is 16.8 Å². The third kappa shape index (κ3) is 4.18. The summed E-state index contributed by atoms with van der Waals surface area (Å²) in [6.45, 7) is 9.41. The van der Waals surface area contributed by atoms with Gasteiger partial charge >= 0.3 is 0 Å². The molecule has 1 atom stereocenters. The maximum absolute atomic E-state index is 6.30. The number of piperidine rings is 3. The minimum absolute atomic E-state index is 0.354. The molecule has 2 aromatic rings. The van der Waals surface area contributed by atoms with Crippen LogP contribution in [0.2, 0.25) is 0 Å². The molecule has 1 unspecified atom stereocenters. The quantitative estimate of drug-likeness (QED) is 0.498. The van der Waals surface area contributed by atoms with Crippen molar-refractivity contribution < 1.29 is 18.7 Å². The van der Waals surface area contributed by atoms with Crippen LogP contribution in [0.3, 0.4) is 0 Å². The van der Waals surface area contributed by atoms with E-state index in [9.17, 15) is 0 Å². The molecular weight excluding hydrogens is 446 g/mol. The topological polar surface area (TPSA) is 85.5 Å². The van der Waals surface area contributed by atoms with Crippen LogP contribution in [0.1, 0.15) is 50.0 Å². The lowest BCUT2D eigenvalue weighted by Crippen LogP contribution is -2.66. The van der Waals surface area contributed by atoms with Crippen LogP contribution in [-0.2, 0) is 11.4 Å². The van der Waals surface area contributed by atoms with Gasteiger partial charge in [-0.2, -0.15) is 0 Å². The first-order valence-corrected chi connectivity index (χ1v) is 12.2. The van der Waals surface area contributed by atoms with E-state index in [-0.39, 0.29) is 0 Å². The SMILES string of the molecule is C=CC/C(=C\CC)c1nnc(C2=NOC3(CN4CCC3CC4)N2Cc2ccc(OC)cc2OC)o1. The molecule has 9 nitrogen and oxygen atoms in total. The molecule has 6 rings (SSSR count). The number of fused-ring (bicyclic) bond motifs is 2. The Morgan fingerprint density at radius 2 is 2.06 bits per heavy atom. The molecule has 0 amide bonds. The Labute approximate surface area is 206 Å². The Bertz CT molecular complexity index is 1130. The van der Waals surface area contributed by atoms with Crippen LogP contribution in [0, 0.1) is 5.92 Å². The third-order valence-electron chi connectivity index (χ3n) is 7.21. The largest absolute Gasteiger partial charge is 0.497 e. The van der Waals surface area contributed by atoms with Crippen molar-refractivity contribution in [3.05, 3.63) is 54.3 Å². The van der Waals surface area contributed by atoms with E-state index in [1.165, 1.54) is 0 Å². The lowest BCUT2D eigenvalue weighted by atomic mass is 9.79. The number of ether oxygens (including phenoxy) is 2. The smallest absolute Gasteiger partial charge is 0.287 e. The van der Waals surface area contributed by atoms with Crippen LogP contribution in [0.4, 0.5) is 0 Å². The van der Waals surface area contributed by atoms with E-state index >= 15 is 0 Å². The zero-order valence-electron chi connectivity index (χ0n) is 20.7. The summed E-state index contributed by atoms with van der Waals surface area (Å²) >= 11 is 0.